The summed E-state index contributed by atoms with van der Waals surface area (Å²) in [6.07, 6.45) is 13.6. The van der Waals surface area contributed by atoms with Crippen LogP contribution in [0.2, 0.25) is 0 Å². The molecule has 0 N–H and O–H groups in total. The number of hydrogen-bond acceptors (Lipinski definition) is 3. The molecule has 170 valence electrons. The van der Waals surface area contributed by atoms with Gasteiger partial charge in [-0.05, 0) is 82.0 Å². The Morgan fingerprint density at radius 2 is 1.62 bits per heavy atom. The van der Waals surface area contributed by atoms with Crippen LogP contribution in [0, 0.1) is 0 Å². The zero-order valence-corrected chi connectivity index (χ0v) is 19.0. The standard InChI is InChI=1S/C27H35N3O2/c31-19-30-20-7-8-21(30)18-22(17-20)28-15-11-27(12-16-28)10-9-24(23-5-1-2-6-25(23)27)26(32)29-13-3-4-14-29/h1-2,5-6,9,19-22H,3-4,7-8,10-18H2. The van der Waals surface area contributed by atoms with Crippen LogP contribution >= 0.6 is 0 Å². The summed E-state index contributed by atoms with van der Waals surface area (Å²) in [4.78, 5) is 31.6. The van der Waals surface area contributed by atoms with Gasteiger partial charge in [0.1, 0.15) is 0 Å². The molecule has 32 heavy (non-hydrogen) atoms. The third kappa shape index (κ3) is 3.23. The Morgan fingerprint density at radius 3 is 2.31 bits per heavy atom. The molecule has 5 nitrogen and oxygen atoms in total. The molecule has 2 bridgehead atoms. The highest BCUT2D eigenvalue weighted by molar-refractivity contribution is 6.20. The van der Waals surface area contributed by atoms with Crippen LogP contribution in [-0.4, -0.2) is 71.3 Å². The highest BCUT2D eigenvalue weighted by Gasteiger charge is 2.45. The number of carbonyl (C=O) groups is 2. The zero-order valence-electron chi connectivity index (χ0n) is 19.0. The third-order valence-electron chi connectivity index (χ3n) is 9.27. The van der Waals surface area contributed by atoms with Crippen LogP contribution in [0.5, 0.6) is 0 Å². The van der Waals surface area contributed by atoms with Gasteiger partial charge in [-0.15, -0.1) is 0 Å². The Morgan fingerprint density at radius 1 is 0.938 bits per heavy atom. The van der Waals surface area contributed by atoms with Crippen molar-refractivity contribution in [3.05, 3.63) is 41.5 Å². The van der Waals surface area contributed by atoms with Gasteiger partial charge in [-0.2, -0.15) is 0 Å². The van der Waals surface area contributed by atoms with Crippen molar-refractivity contribution in [2.45, 2.75) is 81.3 Å². The smallest absolute Gasteiger partial charge is 0.254 e. The lowest BCUT2D eigenvalue weighted by Gasteiger charge is -2.49. The van der Waals surface area contributed by atoms with Gasteiger partial charge in [0, 0.05) is 42.2 Å². The van der Waals surface area contributed by atoms with Crippen LogP contribution in [0.25, 0.3) is 5.57 Å². The van der Waals surface area contributed by atoms with Gasteiger partial charge in [0.15, 0.2) is 0 Å². The predicted molar refractivity (Wildman–Crippen MR) is 125 cm³/mol. The van der Waals surface area contributed by atoms with E-state index >= 15 is 0 Å². The molecule has 0 radical (unpaired) electrons. The number of carbonyl (C=O) groups excluding carboxylic acids is 2. The van der Waals surface area contributed by atoms with Gasteiger partial charge in [-0.3, -0.25) is 9.59 Å². The maximum absolute atomic E-state index is 13.2. The van der Waals surface area contributed by atoms with E-state index in [1.54, 1.807) is 0 Å². The average Bonchev–Trinajstić information content (AvgIpc) is 3.45. The third-order valence-corrected chi connectivity index (χ3v) is 9.27. The molecule has 4 saturated heterocycles. The van der Waals surface area contributed by atoms with Crippen LogP contribution in [0.15, 0.2) is 30.3 Å². The molecule has 0 saturated carbocycles. The number of allylic oxidation sites excluding steroid dienone is 1. The average molecular weight is 434 g/mol. The zero-order chi connectivity index (χ0) is 21.7. The Balaban J connectivity index is 1.19. The summed E-state index contributed by atoms with van der Waals surface area (Å²) in [6, 6.07) is 10.3. The Bertz CT molecular complexity index is 913. The van der Waals surface area contributed by atoms with Crippen molar-refractivity contribution < 1.29 is 9.59 Å². The second-order valence-corrected chi connectivity index (χ2v) is 10.7. The van der Waals surface area contributed by atoms with E-state index in [4.69, 9.17) is 0 Å². The predicted octanol–water partition coefficient (Wildman–Crippen LogP) is 3.58. The van der Waals surface area contributed by atoms with E-state index in [1.165, 1.54) is 24.0 Å². The Hall–Kier alpha value is -2.14. The molecule has 4 fully saturated rings. The molecule has 1 spiro atoms. The molecular weight excluding hydrogens is 398 g/mol. The molecule has 1 aromatic rings. The summed E-state index contributed by atoms with van der Waals surface area (Å²) in [7, 11) is 0. The fourth-order valence-electron chi connectivity index (χ4n) is 7.44. The largest absolute Gasteiger partial charge is 0.339 e. The quantitative estimate of drug-likeness (QED) is 0.685. The van der Waals surface area contributed by atoms with Crippen LogP contribution in [0.3, 0.4) is 0 Å². The normalized spacial score (nSPS) is 31.5. The second kappa shape index (κ2) is 8.02. The fraction of sp³-hybridized carbons (Fsp3) is 0.630. The minimum atomic E-state index is 0.171. The maximum atomic E-state index is 13.2. The van der Waals surface area contributed by atoms with Crippen LogP contribution in [0.4, 0.5) is 0 Å². The molecule has 2 amide bonds. The molecule has 1 aromatic carbocycles. The van der Waals surface area contributed by atoms with Crippen molar-refractivity contribution in [1.82, 2.24) is 14.7 Å². The van der Waals surface area contributed by atoms with Crippen molar-refractivity contribution in [2.24, 2.45) is 0 Å². The van der Waals surface area contributed by atoms with Gasteiger partial charge >= 0.3 is 0 Å². The summed E-state index contributed by atoms with van der Waals surface area (Å²) in [6.45, 7) is 4.07. The van der Waals surface area contributed by atoms with E-state index in [9.17, 15) is 9.59 Å². The van der Waals surface area contributed by atoms with E-state index in [2.05, 4.69) is 40.1 Å². The van der Waals surface area contributed by atoms with Crippen molar-refractivity contribution in [3.8, 4) is 0 Å². The number of fused-ring (bicyclic) bond motifs is 4. The Kier molecular flexibility index (Phi) is 5.13. The molecule has 2 unspecified atom stereocenters. The molecule has 0 aromatic heterocycles. The summed E-state index contributed by atoms with van der Waals surface area (Å²) in [5.41, 5.74) is 3.69. The van der Waals surface area contributed by atoms with Crippen LogP contribution in [-0.2, 0) is 15.0 Å². The molecular formula is C27H35N3O2. The minimum Gasteiger partial charge on any atom is -0.339 e. The van der Waals surface area contributed by atoms with Crippen molar-refractivity contribution >= 4 is 17.9 Å². The van der Waals surface area contributed by atoms with Crippen molar-refractivity contribution in [1.29, 1.82) is 0 Å². The SMILES string of the molecule is O=CN1C2CCC1CC(N1CCC3(CC=C(C(=O)N4CCCC4)c4ccccc43)CC1)C2. The molecule has 4 heterocycles. The molecule has 5 heteroatoms. The van der Waals surface area contributed by atoms with E-state index in [1.807, 2.05) is 4.90 Å². The number of rotatable bonds is 3. The lowest BCUT2D eigenvalue weighted by atomic mass is 9.65. The first-order chi connectivity index (χ1) is 15.7. The Labute approximate surface area is 191 Å². The number of nitrogens with zero attached hydrogens (tertiary/aromatic N) is 3. The lowest BCUT2D eigenvalue weighted by Crippen LogP contribution is -2.53. The first-order valence-electron chi connectivity index (χ1n) is 12.7. The number of benzene rings is 1. The number of amides is 2. The molecule has 4 aliphatic heterocycles. The van der Waals surface area contributed by atoms with Gasteiger partial charge in [0.2, 0.25) is 6.41 Å². The number of piperidine rings is 2. The van der Waals surface area contributed by atoms with Gasteiger partial charge in [0.05, 0.1) is 0 Å². The van der Waals surface area contributed by atoms with Gasteiger partial charge in [0.25, 0.3) is 5.91 Å². The maximum Gasteiger partial charge on any atom is 0.254 e. The van der Waals surface area contributed by atoms with Gasteiger partial charge in [-0.25, -0.2) is 0 Å². The van der Waals surface area contributed by atoms with Gasteiger partial charge < -0.3 is 14.7 Å². The number of likely N-dealkylation sites (tertiary alicyclic amines) is 2. The van der Waals surface area contributed by atoms with Crippen LogP contribution < -0.4 is 0 Å². The van der Waals surface area contributed by atoms with E-state index < -0.39 is 0 Å². The van der Waals surface area contributed by atoms with Crippen molar-refractivity contribution in [3.63, 3.8) is 0 Å². The minimum absolute atomic E-state index is 0.171. The van der Waals surface area contributed by atoms with Gasteiger partial charge in [-0.1, -0.05) is 30.3 Å². The molecule has 6 rings (SSSR count). The molecule has 1 aliphatic carbocycles. The molecule has 2 atom stereocenters. The summed E-state index contributed by atoms with van der Waals surface area (Å²) < 4.78 is 0. The monoisotopic (exact) mass is 433 g/mol. The lowest BCUT2D eigenvalue weighted by molar-refractivity contribution is -0.124. The summed E-state index contributed by atoms with van der Waals surface area (Å²) in [5.74, 6) is 0.236. The summed E-state index contributed by atoms with van der Waals surface area (Å²) in [5, 5.41) is 0. The van der Waals surface area contributed by atoms with Crippen molar-refractivity contribution in [2.75, 3.05) is 26.2 Å². The van der Waals surface area contributed by atoms with E-state index in [-0.39, 0.29) is 11.3 Å². The second-order valence-electron chi connectivity index (χ2n) is 10.7. The van der Waals surface area contributed by atoms with E-state index in [0.29, 0.717) is 18.1 Å². The molecule has 5 aliphatic rings. The first-order valence-corrected chi connectivity index (χ1v) is 12.7. The topological polar surface area (TPSA) is 43.9 Å². The number of hydrogen-bond donors (Lipinski definition) is 0. The van der Waals surface area contributed by atoms with Crippen LogP contribution in [0.1, 0.15) is 68.9 Å². The highest BCUT2D eigenvalue weighted by Crippen LogP contribution is 2.47. The first kappa shape index (κ1) is 20.5. The highest BCUT2D eigenvalue weighted by atomic mass is 16.2. The fourth-order valence-corrected chi connectivity index (χ4v) is 7.44. The summed E-state index contributed by atoms with van der Waals surface area (Å²) >= 11 is 0. The van der Waals surface area contributed by atoms with E-state index in [0.717, 1.165) is 83.1 Å².